The Bertz CT molecular complexity index is 1220. The van der Waals surface area contributed by atoms with Gasteiger partial charge < -0.3 is 4.84 Å². The highest BCUT2D eigenvalue weighted by Gasteiger charge is 2.29. The normalized spacial score (nSPS) is 13.4. The largest absolute Gasteiger partial charge is 0.365 e. The van der Waals surface area contributed by atoms with Gasteiger partial charge in [-0.15, -0.1) is 0 Å². The van der Waals surface area contributed by atoms with Crippen molar-refractivity contribution in [3.8, 4) is 11.3 Å². The molecule has 0 N–H and O–H groups in total. The molecule has 5 rings (SSSR count). The van der Waals surface area contributed by atoms with Crippen molar-refractivity contribution in [2.75, 3.05) is 0 Å². The number of oxime groups is 1. The minimum Gasteiger partial charge on any atom is -0.312 e. The summed E-state index contributed by atoms with van der Waals surface area (Å²) in [4.78, 5) is 27.0. The molecule has 0 atom stereocenters. The van der Waals surface area contributed by atoms with Crippen molar-refractivity contribution in [3.63, 3.8) is 0 Å². The van der Waals surface area contributed by atoms with E-state index >= 15 is 0 Å². The van der Waals surface area contributed by atoms with Gasteiger partial charge in [0.1, 0.15) is 11.4 Å². The molecule has 27 heavy (non-hydrogen) atoms. The number of hydrogen-bond donors (Lipinski definition) is 0. The van der Waals surface area contributed by atoms with E-state index in [9.17, 15) is 4.79 Å². The molecule has 0 amide bonds. The lowest BCUT2D eigenvalue weighted by Crippen LogP contribution is -2.07. The highest BCUT2D eigenvalue weighted by molar-refractivity contribution is 6.23. The number of carbonyl (C=O) groups is 1. The van der Waals surface area contributed by atoms with Crippen LogP contribution in [0.5, 0.6) is 0 Å². The maximum atomic E-state index is 12.3. The molecular weight excluding hydrogens is 338 g/mol. The molecule has 3 aromatic carbocycles. The molecule has 0 fully saturated rings. The fourth-order valence-electron chi connectivity index (χ4n) is 3.18. The van der Waals surface area contributed by atoms with Crippen LogP contribution in [0.2, 0.25) is 0 Å². The fraction of sp³-hybridized carbons (Fsp3) is 0. The standard InChI is InChI=1S/C22H13N3O2/c26-22(14-8-2-1-3-9-14)27-25-20-16-11-5-4-10-15(16)19-21(20)24-18-13-7-6-12-17(18)23-19/h1-13H/b25-20-. The molecule has 0 spiro atoms. The number of aromatic nitrogens is 2. The van der Waals surface area contributed by atoms with Crippen LogP contribution in [0.3, 0.4) is 0 Å². The number of para-hydroxylation sites is 2. The molecule has 0 radical (unpaired) electrons. The van der Waals surface area contributed by atoms with Crippen LogP contribution < -0.4 is 0 Å². The lowest BCUT2D eigenvalue weighted by atomic mass is 10.1. The summed E-state index contributed by atoms with van der Waals surface area (Å²) in [7, 11) is 0. The molecule has 0 saturated carbocycles. The number of fused-ring (bicyclic) bond motifs is 4. The Morgan fingerprint density at radius 1 is 0.704 bits per heavy atom. The van der Waals surface area contributed by atoms with Gasteiger partial charge in [0, 0.05) is 11.1 Å². The van der Waals surface area contributed by atoms with Gasteiger partial charge in [-0.1, -0.05) is 59.8 Å². The third-order valence-electron chi connectivity index (χ3n) is 4.46. The molecule has 128 valence electrons. The third kappa shape index (κ3) is 2.57. The number of carbonyl (C=O) groups excluding carboxylic acids is 1. The Labute approximate surface area is 155 Å². The topological polar surface area (TPSA) is 64.4 Å². The van der Waals surface area contributed by atoms with E-state index in [0.717, 1.165) is 27.9 Å². The van der Waals surface area contributed by atoms with Crippen molar-refractivity contribution in [3.05, 3.63) is 95.7 Å². The van der Waals surface area contributed by atoms with Crippen LogP contribution in [0, 0.1) is 0 Å². The maximum Gasteiger partial charge on any atom is 0.365 e. The quantitative estimate of drug-likeness (QED) is 0.353. The van der Waals surface area contributed by atoms with Crippen molar-refractivity contribution in [1.82, 2.24) is 9.97 Å². The second-order valence-electron chi connectivity index (χ2n) is 6.14. The minimum atomic E-state index is -0.511. The average Bonchev–Trinajstić information content (AvgIpc) is 3.04. The molecule has 1 aromatic heterocycles. The molecule has 0 aliphatic heterocycles. The Morgan fingerprint density at radius 3 is 2.04 bits per heavy atom. The summed E-state index contributed by atoms with van der Waals surface area (Å²) < 4.78 is 0. The zero-order chi connectivity index (χ0) is 18.2. The van der Waals surface area contributed by atoms with Crippen molar-refractivity contribution < 1.29 is 9.63 Å². The highest BCUT2D eigenvalue weighted by atomic mass is 16.7. The van der Waals surface area contributed by atoms with Gasteiger partial charge in [0.15, 0.2) is 0 Å². The molecule has 4 aromatic rings. The summed E-state index contributed by atoms with van der Waals surface area (Å²) in [6.07, 6.45) is 0. The first-order valence-electron chi connectivity index (χ1n) is 8.52. The lowest BCUT2D eigenvalue weighted by Gasteiger charge is -2.03. The molecule has 0 saturated heterocycles. The first kappa shape index (κ1) is 15.4. The van der Waals surface area contributed by atoms with E-state index < -0.39 is 5.97 Å². The van der Waals surface area contributed by atoms with Crippen LogP contribution in [0.4, 0.5) is 0 Å². The zero-order valence-electron chi connectivity index (χ0n) is 14.2. The molecule has 5 heteroatoms. The second-order valence-corrected chi connectivity index (χ2v) is 6.14. The summed E-state index contributed by atoms with van der Waals surface area (Å²) in [5.41, 5.74) is 5.69. The number of benzene rings is 3. The van der Waals surface area contributed by atoms with Crippen molar-refractivity contribution in [1.29, 1.82) is 0 Å². The second kappa shape index (κ2) is 6.14. The summed E-state index contributed by atoms with van der Waals surface area (Å²) in [6.45, 7) is 0. The third-order valence-corrected chi connectivity index (χ3v) is 4.46. The van der Waals surface area contributed by atoms with Gasteiger partial charge in [0.25, 0.3) is 0 Å². The SMILES string of the molecule is O=C(O/N=C1/c2ccccc2-c2nc3ccccc3nc21)c1ccccc1. The van der Waals surface area contributed by atoms with Gasteiger partial charge in [0.2, 0.25) is 0 Å². The van der Waals surface area contributed by atoms with E-state index in [2.05, 4.69) is 5.16 Å². The van der Waals surface area contributed by atoms with Gasteiger partial charge in [-0.05, 0) is 24.3 Å². The Hall–Kier alpha value is -3.86. The van der Waals surface area contributed by atoms with Gasteiger partial charge in [-0.3, -0.25) is 0 Å². The molecule has 1 aliphatic rings. The molecule has 0 bridgehead atoms. The van der Waals surface area contributed by atoms with Gasteiger partial charge in [-0.25, -0.2) is 14.8 Å². The maximum absolute atomic E-state index is 12.3. The van der Waals surface area contributed by atoms with E-state index in [1.165, 1.54) is 0 Å². The van der Waals surface area contributed by atoms with Crippen molar-refractivity contribution in [2.45, 2.75) is 0 Å². The van der Waals surface area contributed by atoms with E-state index in [-0.39, 0.29) is 0 Å². The zero-order valence-corrected chi connectivity index (χ0v) is 14.2. The van der Waals surface area contributed by atoms with E-state index in [0.29, 0.717) is 17.0 Å². The number of rotatable bonds is 2. The Balaban J connectivity index is 1.63. The van der Waals surface area contributed by atoms with Gasteiger partial charge in [-0.2, -0.15) is 0 Å². The first-order valence-corrected chi connectivity index (χ1v) is 8.52. The summed E-state index contributed by atoms with van der Waals surface area (Å²) in [5, 5.41) is 4.15. The fourth-order valence-corrected chi connectivity index (χ4v) is 3.18. The molecule has 1 aliphatic carbocycles. The summed E-state index contributed by atoms with van der Waals surface area (Å²) in [5.74, 6) is -0.511. The summed E-state index contributed by atoms with van der Waals surface area (Å²) >= 11 is 0. The smallest absolute Gasteiger partial charge is 0.312 e. The van der Waals surface area contributed by atoms with Crippen molar-refractivity contribution >= 4 is 22.7 Å². The van der Waals surface area contributed by atoms with E-state index in [1.807, 2.05) is 54.6 Å². The van der Waals surface area contributed by atoms with Crippen LogP contribution in [0.15, 0.2) is 84.0 Å². The van der Waals surface area contributed by atoms with Crippen LogP contribution in [0.1, 0.15) is 21.6 Å². The Morgan fingerprint density at radius 2 is 1.30 bits per heavy atom. The van der Waals surface area contributed by atoms with Crippen LogP contribution in [0.25, 0.3) is 22.3 Å². The Kier molecular flexibility index (Phi) is 3.50. The molecule has 1 heterocycles. The highest BCUT2D eigenvalue weighted by Crippen LogP contribution is 2.35. The van der Waals surface area contributed by atoms with E-state index in [4.69, 9.17) is 14.8 Å². The number of hydrogen-bond acceptors (Lipinski definition) is 5. The van der Waals surface area contributed by atoms with Crippen molar-refractivity contribution in [2.24, 2.45) is 5.16 Å². The summed E-state index contributed by atoms with van der Waals surface area (Å²) in [6, 6.07) is 24.2. The average molecular weight is 351 g/mol. The first-order chi connectivity index (χ1) is 13.3. The monoisotopic (exact) mass is 351 g/mol. The molecular formula is C22H13N3O2. The molecule has 5 nitrogen and oxygen atoms in total. The van der Waals surface area contributed by atoms with Crippen LogP contribution in [-0.4, -0.2) is 21.6 Å². The van der Waals surface area contributed by atoms with Crippen LogP contribution >= 0.6 is 0 Å². The number of nitrogens with zero attached hydrogens (tertiary/aromatic N) is 3. The lowest BCUT2D eigenvalue weighted by molar-refractivity contribution is 0.0517. The predicted molar refractivity (Wildman–Crippen MR) is 102 cm³/mol. The van der Waals surface area contributed by atoms with Gasteiger partial charge in [0.05, 0.1) is 22.3 Å². The molecule has 0 unspecified atom stereocenters. The van der Waals surface area contributed by atoms with E-state index in [1.54, 1.807) is 24.3 Å². The predicted octanol–water partition coefficient (Wildman–Crippen LogP) is 4.22. The van der Waals surface area contributed by atoms with Gasteiger partial charge >= 0.3 is 5.97 Å². The van der Waals surface area contributed by atoms with Crippen LogP contribution in [-0.2, 0) is 4.84 Å². The minimum absolute atomic E-state index is 0.443.